The van der Waals surface area contributed by atoms with Gasteiger partial charge in [-0.05, 0) is 25.7 Å². The van der Waals surface area contributed by atoms with Gasteiger partial charge < -0.3 is 172 Å². The van der Waals surface area contributed by atoms with E-state index in [1.807, 2.05) is 0 Å². The minimum Gasteiger partial charge on any atom is -0.394 e. The monoisotopic (exact) mass is 1490 g/mol. The molecule has 0 spiro atoms. The molecule has 5 saturated heterocycles. The lowest BCUT2D eigenvalue weighted by molar-refractivity contribution is -0.367. The number of unbranched alkanes of at least 4 members (excludes halogenated alkanes) is 8. The van der Waals surface area contributed by atoms with E-state index in [0.29, 0.717) is 52.9 Å². The lowest BCUT2D eigenvalue weighted by Gasteiger charge is -2.47. The van der Waals surface area contributed by atoms with E-state index >= 15 is 0 Å². The first-order valence-electron chi connectivity index (χ1n) is 36.5. The maximum atomic E-state index is 11.8. The van der Waals surface area contributed by atoms with Gasteiger partial charge in [0, 0.05) is 44.2 Å². The summed E-state index contributed by atoms with van der Waals surface area (Å²) in [7, 11) is 0. The molecular formula is C67H126O35. The summed E-state index contributed by atoms with van der Waals surface area (Å²) < 4.78 is 103. The Morgan fingerprint density at radius 1 is 0.265 bits per heavy atom. The molecule has 5 aliphatic rings. The summed E-state index contributed by atoms with van der Waals surface area (Å²) >= 11 is 0. The minimum absolute atomic E-state index is 0.0268. The van der Waals surface area contributed by atoms with Crippen LogP contribution in [0.3, 0.4) is 0 Å². The van der Waals surface area contributed by atoms with Crippen LogP contribution in [-0.4, -0.2) is 391 Å². The molecule has 5 heterocycles. The van der Waals surface area contributed by atoms with Crippen molar-refractivity contribution < 1.29 is 172 Å². The van der Waals surface area contributed by atoms with Gasteiger partial charge in [0.25, 0.3) is 0 Å². The standard InChI is InChI=1S/C67H126O35/c1-5-9-13-17-86-26-39(27-87-18-14-10-6-2)30-90-32-41(33-91-31-40(28-88-19-15-11-7-3)29-89-20-16-12-8-4)34-92-35-67(36-93-62-55(81)50(76)47(73)42(21-68)96-62,37-94-63-58(84)53(79)60(45(24-71)99-63)101-65-56(82)51(77)48(74)43(22-69)97-65)38-95-64-59(85)54(80)61(46(25-72)100-64)102-66-57(83)52(78)49(75)44(23-70)98-66/h39-66,68-85H,5-38H2,1-4H3/t42?,43?,44?,45?,46?,47-,48-,49-,50+,51+,52+,53-,54-,55?,56?,57?,58?,59?,60-,61+,62-,63-,64-,65-,66-,67?/m1/s1. The molecule has 5 aliphatic heterocycles. The van der Waals surface area contributed by atoms with Crippen LogP contribution in [-0.2, 0) is 80.5 Å². The van der Waals surface area contributed by atoms with Crippen molar-refractivity contribution in [3.05, 3.63) is 0 Å². The van der Waals surface area contributed by atoms with Crippen LogP contribution in [0.1, 0.15) is 105 Å². The van der Waals surface area contributed by atoms with Crippen LogP contribution in [0.5, 0.6) is 0 Å². The molecule has 0 aromatic carbocycles. The van der Waals surface area contributed by atoms with Gasteiger partial charge in [0.15, 0.2) is 31.5 Å². The molecule has 11 unspecified atom stereocenters. The third kappa shape index (κ3) is 28.5. The highest BCUT2D eigenvalue weighted by atomic mass is 16.8. The second-order valence-electron chi connectivity index (χ2n) is 27.5. The van der Waals surface area contributed by atoms with Crippen LogP contribution in [0, 0.1) is 23.2 Å². The largest absolute Gasteiger partial charge is 0.394 e. The SMILES string of the molecule is CCCCCOCC(COCCCCC)COCC(COCC(COCCCCC)COCCCCC)COCC(CO[C@@H]1OC(CO)[C@@H](O)[C@H](O)C1O)(CO[C@@H]1OC(CO)[C@@H](O[C@H]2OC(CO)[C@@H](O)[C@H](O)C2O)[C@H](O)C1O)CO[C@@H]1OC(CO)[C@H](O[C@H]2OC(CO)[C@@H](O)[C@H](O)C2O)[C@H](O)C1O. The van der Waals surface area contributed by atoms with Crippen molar-refractivity contribution in [1.82, 2.24) is 0 Å². The van der Waals surface area contributed by atoms with Crippen molar-refractivity contribution >= 4 is 0 Å². The number of hydrogen-bond donors (Lipinski definition) is 18. The molecule has 26 atom stereocenters. The van der Waals surface area contributed by atoms with Gasteiger partial charge in [0.1, 0.15) is 122 Å². The number of hydrogen-bond acceptors (Lipinski definition) is 35. The second kappa shape index (κ2) is 49.7. The van der Waals surface area contributed by atoms with Gasteiger partial charge in [-0.2, -0.15) is 0 Å². The zero-order valence-corrected chi connectivity index (χ0v) is 59.7. The van der Waals surface area contributed by atoms with E-state index in [2.05, 4.69) is 27.7 Å². The van der Waals surface area contributed by atoms with Gasteiger partial charge in [-0.25, -0.2) is 0 Å². The Kier molecular flexibility index (Phi) is 44.4. The second-order valence-corrected chi connectivity index (χ2v) is 27.5. The summed E-state index contributed by atoms with van der Waals surface area (Å²) in [4.78, 5) is 0. The van der Waals surface area contributed by atoms with Crippen LogP contribution in [0.4, 0.5) is 0 Å². The van der Waals surface area contributed by atoms with E-state index in [0.717, 1.165) is 77.0 Å². The molecule has 0 amide bonds. The zero-order chi connectivity index (χ0) is 74.7. The Bertz CT molecular complexity index is 1950. The van der Waals surface area contributed by atoms with Gasteiger partial charge in [0.2, 0.25) is 0 Å². The fraction of sp³-hybridized carbons (Fsp3) is 1.00. The van der Waals surface area contributed by atoms with Crippen molar-refractivity contribution in [2.45, 2.75) is 258 Å². The topological polar surface area (TPSA) is 521 Å². The van der Waals surface area contributed by atoms with Gasteiger partial charge in [0.05, 0.1) is 124 Å². The fourth-order valence-electron chi connectivity index (χ4n) is 12.1. The van der Waals surface area contributed by atoms with E-state index in [1.165, 1.54) is 0 Å². The Morgan fingerprint density at radius 2 is 0.510 bits per heavy atom. The number of rotatable bonds is 54. The first-order valence-corrected chi connectivity index (χ1v) is 36.5. The van der Waals surface area contributed by atoms with Crippen LogP contribution >= 0.6 is 0 Å². The van der Waals surface area contributed by atoms with E-state index < -0.39 is 224 Å². The lowest BCUT2D eigenvalue weighted by Crippen LogP contribution is -2.65. The molecule has 0 radical (unpaired) electrons. The van der Waals surface area contributed by atoms with Crippen molar-refractivity contribution in [3.8, 4) is 0 Å². The Hall–Kier alpha value is -1.40. The van der Waals surface area contributed by atoms with E-state index in [4.69, 9.17) is 80.5 Å². The summed E-state index contributed by atoms with van der Waals surface area (Å²) in [5, 5.41) is 195. The smallest absolute Gasteiger partial charge is 0.187 e. The van der Waals surface area contributed by atoms with Crippen LogP contribution in [0.2, 0.25) is 0 Å². The predicted molar refractivity (Wildman–Crippen MR) is 351 cm³/mol. The Balaban J connectivity index is 1.52. The molecule has 35 nitrogen and oxygen atoms in total. The summed E-state index contributed by atoms with van der Waals surface area (Å²) in [6, 6.07) is 0. The number of aliphatic hydroxyl groups excluding tert-OH is 18. The third-order valence-electron chi connectivity index (χ3n) is 18.6. The third-order valence-corrected chi connectivity index (χ3v) is 18.6. The van der Waals surface area contributed by atoms with Crippen molar-refractivity contribution in [1.29, 1.82) is 0 Å². The lowest BCUT2D eigenvalue weighted by atomic mass is 9.91. The minimum atomic E-state index is -2.13. The van der Waals surface area contributed by atoms with Crippen LogP contribution in [0.15, 0.2) is 0 Å². The Labute approximate surface area is 597 Å². The van der Waals surface area contributed by atoms with E-state index in [1.54, 1.807) is 0 Å². The summed E-state index contributed by atoms with van der Waals surface area (Å²) in [6.45, 7) is 4.80. The molecule has 18 N–H and O–H groups in total. The number of aliphatic hydroxyl groups is 18. The normalized spacial score (nSPS) is 35.4. The zero-order valence-electron chi connectivity index (χ0n) is 59.7. The first kappa shape index (κ1) is 91.2. The van der Waals surface area contributed by atoms with Crippen molar-refractivity contribution in [2.24, 2.45) is 23.2 Å². The summed E-state index contributed by atoms with van der Waals surface area (Å²) in [5.41, 5.74) is -1.95. The highest BCUT2D eigenvalue weighted by Crippen LogP contribution is 2.35. The molecule has 0 aromatic heterocycles. The highest BCUT2D eigenvalue weighted by molar-refractivity contribution is 4.97. The Morgan fingerprint density at radius 3 is 0.794 bits per heavy atom. The molecule has 5 rings (SSSR count). The maximum Gasteiger partial charge on any atom is 0.187 e. The van der Waals surface area contributed by atoms with E-state index in [9.17, 15) is 91.9 Å². The van der Waals surface area contributed by atoms with Gasteiger partial charge >= 0.3 is 0 Å². The quantitative estimate of drug-likeness (QED) is 0.0253. The average molecular weight is 1490 g/mol. The molecule has 0 aliphatic carbocycles. The molecular weight excluding hydrogens is 1360 g/mol. The highest BCUT2D eigenvalue weighted by Gasteiger charge is 2.55. The molecule has 0 aromatic rings. The van der Waals surface area contributed by atoms with Crippen LogP contribution in [0.25, 0.3) is 0 Å². The molecule has 35 heteroatoms. The first-order chi connectivity index (χ1) is 49.1. The van der Waals surface area contributed by atoms with Gasteiger partial charge in [-0.15, -0.1) is 0 Å². The molecule has 0 bridgehead atoms. The van der Waals surface area contributed by atoms with E-state index in [-0.39, 0.29) is 44.9 Å². The molecule has 102 heavy (non-hydrogen) atoms. The molecule has 604 valence electrons. The number of ether oxygens (including phenoxy) is 17. The predicted octanol–water partition coefficient (Wildman–Crippen LogP) is -5.20. The summed E-state index contributed by atoms with van der Waals surface area (Å²) in [5.74, 6) is -0.954. The van der Waals surface area contributed by atoms with Crippen molar-refractivity contribution in [3.63, 3.8) is 0 Å². The average Bonchev–Trinajstić information content (AvgIpc) is 0.785. The maximum absolute atomic E-state index is 11.8. The van der Waals surface area contributed by atoms with Gasteiger partial charge in [-0.1, -0.05) is 79.1 Å². The molecule has 0 saturated carbocycles. The van der Waals surface area contributed by atoms with Gasteiger partial charge in [-0.3, -0.25) is 0 Å². The summed E-state index contributed by atoms with van der Waals surface area (Å²) in [6.07, 6.45) is -34.9. The molecule has 5 fully saturated rings. The van der Waals surface area contributed by atoms with Crippen molar-refractivity contribution in [2.75, 3.05) is 145 Å². The fourth-order valence-corrected chi connectivity index (χ4v) is 12.1. The van der Waals surface area contributed by atoms with Crippen LogP contribution < -0.4 is 0 Å².